The largest absolute Gasteiger partial charge is 0.331 e. The van der Waals surface area contributed by atoms with E-state index in [1.54, 1.807) is 40.4 Å². The minimum absolute atomic E-state index is 0.0523. The van der Waals surface area contributed by atoms with E-state index >= 15 is 0 Å². The standard InChI is InChI=1S/C21H17FN4OS/c22-15-7-5-14(6-8-15)17-3-1-11-25(17)21(27)16-13-24-26-18(9-10-23-20(16)26)19-4-2-12-28-19/h2,4-10,12-13,17H,1,3,11H2. The molecule has 0 bridgehead atoms. The zero-order valence-corrected chi connectivity index (χ0v) is 15.8. The SMILES string of the molecule is O=C(c1cnn2c(-c3cccs3)ccnc12)N1CCCC1c1ccc(F)cc1. The van der Waals surface area contributed by atoms with E-state index in [9.17, 15) is 9.18 Å². The summed E-state index contributed by atoms with van der Waals surface area (Å²) in [7, 11) is 0. The minimum Gasteiger partial charge on any atom is -0.331 e. The second-order valence-electron chi connectivity index (χ2n) is 6.81. The van der Waals surface area contributed by atoms with Crippen LogP contribution in [0.5, 0.6) is 0 Å². The van der Waals surface area contributed by atoms with Crippen molar-refractivity contribution in [1.29, 1.82) is 0 Å². The molecule has 4 heterocycles. The van der Waals surface area contributed by atoms with Crippen LogP contribution in [0.1, 0.15) is 34.8 Å². The highest BCUT2D eigenvalue weighted by atomic mass is 32.1. The maximum absolute atomic E-state index is 13.3. The molecule has 1 atom stereocenters. The number of likely N-dealkylation sites (tertiary alicyclic amines) is 1. The van der Waals surface area contributed by atoms with E-state index in [0.29, 0.717) is 17.8 Å². The van der Waals surface area contributed by atoms with Crippen molar-refractivity contribution in [2.24, 2.45) is 0 Å². The monoisotopic (exact) mass is 392 g/mol. The Morgan fingerprint density at radius 1 is 1.18 bits per heavy atom. The van der Waals surface area contributed by atoms with Gasteiger partial charge in [-0.3, -0.25) is 4.79 Å². The summed E-state index contributed by atoms with van der Waals surface area (Å²) in [5.41, 5.74) is 2.92. The van der Waals surface area contributed by atoms with E-state index < -0.39 is 0 Å². The van der Waals surface area contributed by atoms with Crippen LogP contribution >= 0.6 is 11.3 Å². The second kappa shape index (κ2) is 6.83. The molecule has 7 heteroatoms. The van der Waals surface area contributed by atoms with Crippen LogP contribution < -0.4 is 0 Å². The summed E-state index contributed by atoms with van der Waals surface area (Å²) >= 11 is 1.62. The lowest BCUT2D eigenvalue weighted by Crippen LogP contribution is -2.30. The molecule has 0 saturated carbocycles. The van der Waals surface area contributed by atoms with Gasteiger partial charge in [0.1, 0.15) is 11.4 Å². The van der Waals surface area contributed by atoms with Crippen molar-refractivity contribution in [1.82, 2.24) is 19.5 Å². The first kappa shape index (κ1) is 17.1. The summed E-state index contributed by atoms with van der Waals surface area (Å²) in [6.07, 6.45) is 5.09. The molecular weight excluding hydrogens is 375 g/mol. The molecule has 1 saturated heterocycles. The van der Waals surface area contributed by atoms with Gasteiger partial charge in [0.05, 0.1) is 22.8 Å². The Balaban J connectivity index is 1.52. The predicted octanol–water partition coefficient (Wildman–Crippen LogP) is 4.57. The fraction of sp³-hybridized carbons (Fsp3) is 0.190. The van der Waals surface area contributed by atoms with E-state index in [1.165, 1.54) is 12.1 Å². The van der Waals surface area contributed by atoms with Gasteiger partial charge in [-0.15, -0.1) is 11.3 Å². The lowest BCUT2D eigenvalue weighted by Gasteiger charge is -2.24. The summed E-state index contributed by atoms with van der Waals surface area (Å²) in [6.45, 7) is 0.669. The number of halogens is 1. The van der Waals surface area contributed by atoms with Gasteiger partial charge in [-0.1, -0.05) is 18.2 Å². The molecule has 5 nitrogen and oxygen atoms in total. The topological polar surface area (TPSA) is 50.5 Å². The van der Waals surface area contributed by atoms with Crippen molar-refractivity contribution in [3.8, 4) is 10.6 Å². The first-order valence-electron chi connectivity index (χ1n) is 9.15. The molecule has 140 valence electrons. The molecule has 0 radical (unpaired) electrons. The van der Waals surface area contributed by atoms with Crippen LogP contribution in [0.15, 0.2) is 60.2 Å². The molecule has 28 heavy (non-hydrogen) atoms. The number of rotatable bonds is 3. The Kier molecular flexibility index (Phi) is 4.16. The summed E-state index contributed by atoms with van der Waals surface area (Å²) < 4.78 is 15.0. The predicted molar refractivity (Wildman–Crippen MR) is 106 cm³/mol. The molecule has 1 fully saturated rings. The zero-order valence-electron chi connectivity index (χ0n) is 15.0. The molecule has 3 aromatic heterocycles. The van der Waals surface area contributed by atoms with E-state index in [1.807, 2.05) is 28.5 Å². The fourth-order valence-electron chi connectivity index (χ4n) is 3.85. The minimum atomic E-state index is -0.271. The van der Waals surface area contributed by atoms with Crippen molar-refractivity contribution in [3.63, 3.8) is 0 Å². The summed E-state index contributed by atoms with van der Waals surface area (Å²) in [5.74, 6) is -0.356. The van der Waals surface area contributed by atoms with Gasteiger partial charge in [-0.2, -0.15) is 5.10 Å². The van der Waals surface area contributed by atoms with Gasteiger partial charge in [0.25, 0.3) is 5.91 Å². The lowest BCUT2D eigenvalue weighted by atomic mass is 10.0. The van der Waals surface area contributed by atoms with Crippen LogP contribution in [-0.4, -0.2) is 31.9 Å². The molecule has 1 aliphatic heterocycles. The Hall–Kier alpha value is -3.06. The number of hydrogen-bond acceptors (Lipinski definition) is 4. The highest BCUT2D eigenvalue weighted by Crippen LogP contribution is 2.34. The van der Waals surface area contributed by atoms with Gasteiger partial charge in [-0.25, -0.2) is 13.9 Å². The Bertz CT molecular complexity index is 1140. The number of hydrogen-bond donors (Lipinski definition) is 0. The Morgan fingerprint density at radius 2 is 2.04 bits per heavy atom. The van der Waals surface area contributed by atoms with Gasteiger partial charge in [0.15, 0.2) is 5.65 Å². The number of carbonyl (C=O) groups is 1. The van der Waals surface area contributed by atoms with Gasteiger partial charge in [0, 0.05) is 12.7 Å². The third-order valence-electron chi connectivity index (χ3n) is 5.17. The van der Waals surface area contributed by atoms with E-state index in [2.05, 4.69) is 10.1 Å². The van der Waals surface area contributed by atoms with E-state index in [0.717, 1.165) is 29.0 Å². The van der Waals surface area contributed by atoms with Crippen LogP contribution in [-0.2, 0) is 0 Å². The first-order chi connectivity index (χ1) is 13.7. The van der Waals surface area contributed by atoms with Gasteiger partial charge in [-0.05, 0) is 48.1 Å². The number of fused-ring (bicyclic) bond motifs is 1. The molecule has 5 rings (SSSR count). The van der Waals surface area contributed by atoms with Crippen LogP contribution in [0.25, 0.3) is 16.2 Å². The molecule has 1 amide bonds. The summed E-state index contributed by atoms with van der Waals surface area (Å²) in [4.78, 5) is 20.7. The van der Waals surface area contributed by atoms with Crippen molar-refractivity contribution in [3.05, 3.63) is 77.2 Å². The molecule has 0 N–H and O–H groups in total. The highest BCUT2D eigenvalue weighted by molar-refractivity contribution is 7.13. The normalized spacial score (nSPS) is 16.8. The molecule has 1 aliphatic rings. The van der Waals surface area contributed by atoms with E-state index in [4.69, 9.17) is 0 Å². The third-order valence-corrected chi connectivity index (χ3v) is 6.07. The van der Waals surface area contributed by atoms with Gasteiger partial charge in [0.2, 0.25) is 0 Å². The Labute approximate surface area is 165 Å². The van der Waals surface area contributed by atoms with Crippen LogP contribution in [0.4, 0.5) is 4.39 Å². The number of aromatic nitrogens is 3. The van der Waals surface area contributed by atoms with Crippen LogP contribution in [0.2, 0.25) is 0 Å². The molecular formula is C21H17FN4OS. The molecule has 1 aromatic carbocycles. The molecule has 4 aromatic rings. The number of nitrogens with zero attached hydrogens (tertiary/aromatic N) is 4. The maximum atomic E-state index is 13.3. The fourth-order valence-corrected chi connectivity index (χ4v) is 4.59. The van der Waals surface area contributed by atoms with Gasteiger partial charge < -0.3 is 4.90 Å². The van der Waals surface area contributed by atoms with Crippen molar-refractivity contribution >= 4 is 22.9 Å². The van der Waals surface area contributed by atoms with Crippen molar-refractivity contribution in [2.45, 2.75) is 18.9 Å². The lowest BCUT2D eigenvalue weighted by molar-refractivity contribution is 0.0737. The number of benzene rings is 1. The van der Waals surface area contributed by atoms with Gasteiger partial charge >= 0.3 is 0 Å². The molecule has 1 unspecified atom stereocenters. The van der Waals surface area contributed by atoms with Crippen molar-refractivity contribution < 1.29 is 9.18 Å². The number of thiophene rings is 1. The molecule has 0 spiro atoms. The Morgan fingerprint density at radius 3 is 2.82 bits per heavy atom. The maximum Gasteiger partial charge on any atom is 0.259 e. The summed E-state index contributed by atoms with van der Waals surface area (Å²) in [6, 6.07) is 12.3. The van der Waals surface area contributed by atoms with Crippen LogP contribution in [0.3, 0.4) is 0 Å². The van der Waals surface area contributed by atoms with Crippen LogP contribution in [0, 0.1) is 5.82 Å². The highest BCUT2D eigenvalue weighted by Gasteiger charge is 2.32. The zero-order chi connectivity index (χ0) is 19.1. The smallest absolute Gasteiger partial charge is 0.259 e. The summed E-state index contributed by atoms with van der Waals surface area (Å²) in [5, 5.41) is 6.45. The second-order valence-corrected chi connectivity index (χ2v) is 7.76. The number of amides is 1. The average molecular weight is 392 g/mol. The van der Waals surface area contributed by atoms with E-state index in [-0.39, 0.29) is 17.8 Å². The van der Waals surface area contributed by atoms with Crippen molar-refractivity contribution in [2.75, 3.05) is 6.54 Å². The molecule has 0 aliphatic carbocycles. The third kappa shape index (κ3) is 2.79. The quantitative estimate of drug-likeness (QED) is 0.513. The average Bonchev–Trinajstić information content (AvgIpc) is 3.47. The number of carbonyl (C=O) groups excluding carboxylic acids is 1. The first-order valence-corrected chi connectivity index (χ1v) is 10.0.